The van der Waals surface area contributed by atoms with Gasteiger partial charge in [-0.2, -0.15) is 0 Å². The zero-order chi connectivity index (χ0) is 23.1. The van der Waals surface area contributed by atoms with Gasteiger partial charge < -0.3 is 14.4 Å². The van der Waals surface area contributed by atoms with Crippen molar-refractivity contribution >= 4 is 29.3 Å². The monoisotopic (exact) mass is 441 g/mol. The number of halogens is 1. The highest BCUT2D eigenvalue weighted by molar-refractivity contribution is 6.01. The molecule has 0 radical (unpaired) electrons. The van der Waals surface area contributed by atoms with Crippen LogP contribution in [-0.4, -0.2) is 43.4 Å². The first-order chi connectivity index (χ1) is 15.4. The zero-order valence-corrected chi connectivity index (χ0v) is 17.7. The number of unbranched alkanes of at least 4 members (excludes halogenated alkanes) is 1. The van der Waals surface area contributed by atoms with Crippen molar-refractivity contribution in [1.29, 1.82) is 0 Å². The Labute approximate surface area is 185 Å². The van der Waals surface area contributed by atoms with E-state index in [2.05, 4.69) is 0 Å². The Kier molecular flexibility index (Phi) is 7.70. The maximum absolute atomic E-state index is 13.0. The molecule has 1 aliphatic rings. The summed E-state index contributed by atoms with van der Waals surface area (Å²) in [4.78, 5) is 50.3. The number of amides is 1. The van der Waals surface area contributed by atoms with Gasteiger partial charge in [0.05, 0.1) is 18.1 Å². The molecular formula is C24H24FNO6. The number of carbonyl (C=O) groups is 4. The third-order valence-corrected chi connectivity index (χ3v) is 5.12. The van der Waals surface area contributed by atoms with Crippen molar-refractivity contribution in [3.8, 4) is 0 Å². The standard InChI is InChI=1S/C24H24FNO6/c1-2-3-12-31-23(29)17-6-10-20(11-7-17)26-14-18(13-22(26)28)24(30)32-15-21(27)16-4-8-19(25)9-5-16/h4-11,18H,2-3,12-15H2,1H3/t18-/m0/s1. The van der Waals surface area contributed by atoms with Crippen LogP contribution in [-0.2, 0) is 19.1 Å². The van der Waals surface area contributed by atoms with Crippen LogP contribution in [0.3, 0.4) is 0 Å². The Morgan fingerprint density at radius 3 is 2.31 bits per heavy atom. The first-order valence-corrected chi connectivity index (χ1v) is 10.4. The molecule has 1 amide bonds. The summed E-state index contributed by atoms with van der Waals surface area (Å²) in [6.45, 7) is 1.99. The van der Waals surface area contributed by atoms with E-state index in [0.29, 0.717) is 17.9 Å². The molecular weight excluding hydrogens is 417 g/mol. The fraction of sp³-hybridized carbons (Fsp3) is 0.333. The summed E-state index contributed by atoms with van der Waals surface area (Å²) in [6, 6.07) is 11.3. The van der Waals surface area contributed by atoms with E-state index in [0.717, 1.165) is 25.0 Å². The number of carbonyl (C=O) groups excluding carboxylic acids is 4. The van der Waals surface area contributed by atoms with Crippen molar-refractivity contribution in [1.82, 2.24) is 0 Å². The molecule has 2 aromatic carbocycles. The highest BCUT2D eigenvalue weighted by Gasteiger charge is 2.36. The minimum Gasteiger partial charge on any atom is -0.462 e. The Morgan fingerprint density at radius 2 is 1.66 bits per heavy atom. The van der Waals surface area contributed by atoms with Gasteiger partial charge in [0, 0.05) is 24.2 Å². The molecule has 3 rings (SSSR count). The van der Waals surface area contributed by atoms with Crippen LogP contribution in [0.5, 0.6) is 0 Å². The highest BCUT2D eigenvalue weighted by Crippen LogP contribution is 2.26. The van der Waals surface area contributed by atoms with E-state index in [1.807, 2.05) is 6.92 Å². The second-order valence-electron chi connectivity index (χ2n) is 7.48. The summed E-state index contributed by atoms with van der Waals surface area (Å²) in [5.41, 5.74) is 1.17. The SMILES string of the molecule is CCCCOC(=O)c1ccc(N2C[C@@H](C(=O)OCC(=O)c3ccc(F)cc3)CC2=O)cc1. The molecule has 0 bridgehead atoms. The Hall–Kier alpha value is -3.55. The molecule has 1 aliphatic heterocycles. The van der Waals surface area contributed by atoms with Crippen molar-refractivity contribution < 1.29 is 33.0 Å². The predicted octanol–water partition coefficient (Wildman–Crippen LogP) is 3.56. The number of ether oxygens (including phenoxy) is 2. The normalized spacial score (nSPS) is 15.5. The van der Waals surface area contributed by atoms with Crippen LogP contribution in [0.2, 0.25) is 0 Å². The van der Waals surface area contributed by atoms with E-state index in [1.54, 1.807) is 24.3 Å². The molecule has 0 aliphatic carbocycles. The van der Waals surface area contributed by atoms with E-state index < -0.39 is 36.1 Å². The third-order valence-electron chi connectivity index (χ3n) is 5.12. The fourth-order valence-corrected chi connectivity index (χ4v) is 3.26. The first-order valence-electron chi connectivity index (χ1n) is 10.4. The van der Waals surface area contributed by atoms with Crippen LogP contribution in [0.25, 0.3) is 0 Å². The van der Waals surface area contributed by atoms with Gasteiger partial charge >= 0.3 is 11.9 Å². The van der Waals surface area contributed by atoms with Crippen molar-refractivity contribution in [3.05, 3.63) is 65.5 Å². The summed E-state index contributed by atoms with van der Waals surface area (Å²) in [5.74, 6) is -2.96. The number of nitrogens with zero attached hydrogens (tertiary/aromatic N) is 1. The van der Waals surface area contributed by atoms with Crippen molar-refractivity contribution in [2.45, 2.75) is 26.2 Å². The Bertz CT molecular complexity index is 987. The molecule has 0 saturated carbocycles. The average molecular weight is 441 g/mol. The van der Waals surface area contributed by atoms with Gasteiger partial charge in [-0.3, -0.25) is 14.4 Å². The van der Waals surface area contributed by atoms with E-state index in [1.165, 1.54) is 17.0 Å². The fourth-order valence-electron chi connectivity index (χ4n) is 3.26. The molecule has 1 heterocycles. The van der Waals surface area contributed by atoms with Gasteiger partial charge in [0.2, 0.25) is 5.91 Å². The quantitative estimate of drug-likeness (QED) is 0.336. The summed E-state index contributed by atoms with van der Waals surface area (Å²) >= 11 is 0. The lowest BCUT2D eigenvalue weighted by atomic mass is 10.1. The zero-order valence-electron chi connectivity index (χ0n) is 17.7. The molecule has 0 spiro atoms. The lowest BCUT2D eigenvalue weighted by Crippen LogP contribution is -2.27. The van der Waals surface area contributed by atoms with E-state index in [9.17, 15) is 23.6 Å². The predicted molar refractivity (Wildman–Crippen MR) is 114 cm³/mol. The van der Waals surface area contributed by atoms with Gasteiger partial charge in [0.1, 0.15) is 5.82 Å². The van der Waals surface area contributed by atoms with Crippen LogP contribution < -0.4 is 4.90 Å². The smallest absolute Gasteiger partial charge is 0.338 e. The van der Waals surface area contributed by atoms with Crippen LogP contribution in [0, 0.1) is 11.7 Å². The van der Waals surface area contributed by atoms with Gasteiger partial charge in [-0.15, -0.1) is 0 Å². The van der Waals surface area contributed by atoms with Gasteiger partial charge in [-0.25, -0.2) is 9.18 Å². The maximum atomic E-state index is 13.0. The van der Waals surface area contributed by atoms with Crippen molar-refractivity contribution in [3.63, 3.8) is 0 Å². The van der Waals surface area contributed by atoms with Crippen molar-refractivity contribution in [2.24, 2.45) is 5.92 Å². The van der Waals surface area contributed by atoms with Crippen LogP contribution in [0.15, 0.2) is 48.5 Å². The van der Waals surface area contributed by atoms with Gasteiger partial charge in [0.25, 0.3) is 0 Å². The van der Waals surface area contributed by atoms with E-state index in [4.69, 9.17) is 9.47 Å². The molecule has 0 aromatic heterocycles. The number of anilines is 1. The number of Topliss-reactive ketones (excluding diaryl/α,β-unsaturated/α-hetero) is 1. The van der Waals surface area contributed by atoms with E-state index in [-0.39, 0.29) is 24.4 Å². The van der Waals surface area contributed by atoms with Gasteiger partial charge in [-0.1, -0.05) is 13.3 Å². The lowest BCUT2D eigenvalue weighted by molar-refractivity contribution is -0.147. The number of esters is 2. The second-order valence-corrected chi connectivity index (χ2v) is 7.48. The summed E-state index contributed by atoms with van der Waals surface area (Å²) < 4.78 is 23.2. The minimum absolute atomic E-state index is 0.0373. The van der Waals surface area contributed by atoms with Crippen LogP contribution in [0.4, 0.5) is 10.1 Å². The second kappa shape index (κ2) is 10.7. The molecule has 7 nitrogen and oxygen atoms in total. The number of hydrogen-bond acceptors (Lipinski definition) is 6. The molecule has 8 heteroatoms. The number of ketones is 1. The third kappa shape index (κ3) is 5.78. The molecule has 168 valence electrons. The van der Waals surface area contributed by atoms with Gasteiger partial charge in [0.15, 0.2) is 12.4 Å². The number of benzene rings is 2. The molecule has 1 saturated heterocycles. The molecule has 2 aromatic rings. The Balaban J connectivity index is 1.53. The topological polar surface area (TPSA) is 90.0 Å². The molecule has 1 fully saturated rings. The molecule has 0 N–H and O–H groups in total. The minimum atomic E-state index is -0.706. The number of hydrogen-bond donors (Lipinski definition) is 0. The first kappa shape index (κ1) is 23.1. The van der Waals surface area contributed by atoms with Crippen LogP contribution >= 0.6 is 0 Å². The largest absolute Gasteiger partial charge is 0.462 e. The maximum Gasteiger partial charge on any atom is 0.338 e. The lowest BCUT2D eigenvalue weighted by Gasteiger charge is -2.17. The molecule has 1 atom stereocenters. The highest BCUT2D eigenvalue weighted by atomic mass is 19.1. The average Bonchev–Trinajstić information content (AvgIpc) is 3.19. The van der Waals surface area contributed by atoms with Crippen molar-refractivity contribution in [2.75, 3.05) is 24.7 Å². The van der Waals surface area contributed by atoms with E-state index >= 15 is 0 Å². The molecule has 32 heavy (non-hydrogen) atoms. The number of rotatable bonds is 9. The Morgan fingerprint density at radius 1 is 1.00 bits per heavy atom. The van der Waals surface area contributed by atoms with Gasteiger partial charge in [-0.05, 0) is 55.0 Å². The summed E-state index contributed by atoms with van der Waals surface area (Å²) in [5, 5.41) is 0. The molecule has 0 unspecified atom stereocenters. The summed E-state index contributed by atoms with van der Waals surface area (Å²) in [7, 11) is 0. The summed E-state index contributed by atoms with van der Waals surface area (Å²) in [6.07, 6.45) is 1.68. The van der Waals surface area contributed by atoms with Crippen LogP contribution in [0.1, 0.15) is 46.9 Å².